The van der Waals surface area contributed by atoms with Crippen molar-refractivity contribution in [3.63, 3.8) is 0 Å². The van der Waals surface area contributed by atoms with Crippen molar-refractivity contribution in [2.45, 2.75) is 31.5 Å². The first-order valence-electron chi connectivity index (χ1n) is 5.97. The maximum Gasteiger partial charge on any atom is 0.390 e. The van der Waals surface area contributed by atoms with Gasteiger partial charge in [-0.25, -0.2) is 0 Å². The van der Waals surface area contributed by atoms with Gasteiger partial charge in [0.25, 0.3) is 0 Å². The van der Waals surface area contributed by atoms with Crippen molar-refractivity contribution >= 4 is 0 Å². The van der Waals surface area contributed by atoms with Crippen molar-refractivity contribution in [2.24, 2.45) is 0 Å². The molecule has 18 heavy (non-hydrogen) atoms. The summed E-state index contributed by atoms with van der Waals surface area (Å²) in [6.07, 6.45) is -4.92. The van der Waals surface area contributed by atoms with Gasteiger partial charge in [0.15, 0.2) is 0 Å². The third-order valence-electron chi connectivity index (χ3n) is 3.05. The van der Waals surface area contributed by atoms with E-state index in [-0.39, 0.29) is 5.92 Å². The van der Waals surface area contributed by atoms with Crippen LogP contribution in [0.1, 0.15) is 24.8 Å². The summed E-state index contributed by atoms with van der Waals surface area (Å²) in [6, 6.07) is 7.08. The summed E-state index contributed by atoms with van der Waals surface area (Å²) < 4.78 is 42.0. The largest absolute Gasteiger partial charge is 0.493 e. The number of alkyl halides is 3. The number of hydrogen-bond acceptors (Lipinski definition) is 2. The third-order valence-corrected chi connectivity index (χ3v) is 3.05. The number of hydrogen-bond donors (Lipinski definition) is 1. The Labute approximate surface area is 104 Å². The number of halogens is 3. The van der Waals surface area contributed by atoms with Crippen molar-refractivity contribution in [2.75, 3.05) is 13.2 Å². The van der Waals surface area contributed by atoms with Gasteiger partial charge in [-0.1, -0.05) is 18.2 Å². The van der Waals surface area contributed by atoms with E-state index in [0.717, 1.165) is 11.3 Å². The van der Waals surface area contributed by atoms with E-state index < -0.39 is 18.6 Å². The van der Waals surface area contributed by atoms with E-state index in [1.54, 1.807) is 6.92 Å². The van der Waals surface area contributed by atoms with Crippen LogP contribution in [0, 0.1) is 0 Å². The Morgan fingerprint density at radius 2 is 2.11 bits per heavy atom. The molecule has 2 rings (SSSR count). The van der Waals surface area contributed by atoms with Gasteiger partial charge in [0.1, 0.15) is 5.75 Å². The predicted octanol–water partition coefficient (Wildman–Crippen LogP) is 3.09. The van der Waals surface area contributed by atoms with E-state index in [2.05, 4.69) is 5.32 Å². The molecule has 1 aliphatic heterocycles. The summed E-state index contributed by atoms with van der Waals surface area (Å²) in [5.74, 6) is 0.977. The van der Waals surface area contributed by atoms with Gasteiger partial charge < -0.3 is 10.1 Å². The van der Waals surface area contributed by atoms with E-state index in [4.69, 9.17) is 4.74 Å². The molecule has 0 aromatic heterocycles. The lowest BCUT2D eigenvalue weighted by atomic mass is 10.0. The average Bonchev–Trinajstić information content (AvgIpc) is 2.67. The molecule has 1 aromatic carbocycles. The third kappa shape index (κ3) is 3.38. The SMILES string of the molecule is CC(CC(F)(F)F)NCC1COc2ccccc21. The van der Waals surface area contributed by atoms with Crippen molar-refractivity contribution in [3.05, 3.63) is 29.8 Å². The lowest BCUT2D eigenvalue weighted by Crippen LogP contribution is -2.34. The summed E-state index contributed by atoms with van der Waals surface area (Å²) in [7, 11) is 0. The zero-order chi connectivity index (χ0) is 13.2. The molecule has 1 heterocycles. The van der Waals surface area contributed by atoms with E-state index in [1.807, 2.05) is 24.3 Å². The predicted molar refractivity (Wildman–Crippen MR) is 62.8 cm³/mol. The molecule has 2 atom stereocenters. The van der Waals surface area contributed by atoms with Crippen LogP contribution in [0.15, 0.2) is 24.3 Å². The summed E-state index contributed by atoms with van der Waals surface area (Å²) in [6.45, 7) is 2.59. The monoisotopic (exact) mass is 259 g/mol. The van der Waals surface area contributed by atoms with Crippen LogP contribution in [-0.4, -0.2) is 25.4 Å². The maximum absolute atomic E-state index is 12.2. The molecule has 1 N–H and O–H groups in total. The minimum absolute atomic E-state index is 0.136. The molecule has 2 nitrogen and oxygen atoms in total. The van der Waals surface area contributed by atoms with Crippen LogP contribution in [-0.2, 0) is 0 Å². The molecule has 5 heteroatoms. The second-order valence-corrected chi connectivity index (χ2v) is 4.67. The Bertz CT molecular complexity index is 405. The van der Waals surface area contributed by atoms with Gasteiger partial charge in [0.05, 0.1) is 13.0 Å². The van der Waals surface area contributed by atoms with Gasteiger partial charge in [-0.3, -0.25) is 0 Å². The average molecular weight is 259 g/mol. The molecule has 0 spiro atoms. The van der Waals surface area contributed by atoms with Gasteiger partial charge in [0.2, 0.25) is 0 Å². The van der Waals surface area contributed by atoms with Gasteiger partial charge >= 0.3 is 6.18 Å². The Morgan fingerprint density at radius 3 is 2.83 bits per heavy atom. The first-order chi connectivity index (χ1) is 8.46. The topological polar surface area (TPSA) is 21.3 Å². The standard InChI is InChI=1S/C13H16F3NO/c1-9(6-13(14,15)16)17-7-10-8-18-12-5-3-2-4-11(10)12/h2-5,9-10,17H,6-8H2,1H3. The number of nitrogens with one attached hydrogen (secondary N) is 1. The molecular weight excluding hydrogens is 243 g/mol. The van der Waals surface area contributed by atoms with E-state index >= 15 is 0 Å². The van der Waals surface area contributed by atoms with E-state index in [0.29, 0.717) is 13.2 Å². The van der Waals surface area contributed by atoms with Crippen LogP contribution >= 0.6 is 0 Å². The second kappa shape index (κ2) is 5.18. The Balaban J connectivity index is 1.85. The molecule has 1 aliphatic rings. The maximum atomic E-state index is 12.2. The highest BCUT2D eigenvalue weighted by molar-refractivity contribution is 5.39. The van der Waals surface area contributed by atoms with Gasteiger partial charge in [-0.15, -0.1) is 0 Å². The van der Waals surface area contributed by atoms with Gasteiger partial charge in [0, 0.05) is 24.1 Å². The molecule has 100 valence electrons. The first kappa shape index (κ1) is 13.2. The smallest absolute Gasteiger partial charge is 0.390 e. The highest BCUT2D eigenvalue weighted by atomic mass is 19.4. The summed E-state index contributed by atoms with van der Waals surface area (Å²) in [5.41, 5.74) is 1.07. The molecule has 0 amide bonds. The molecule has 1 aromatic rings. The zero-order valence-corrected chi connectivity index (χ0v) is 10.1. The van der Waals surface area contributed by atoms with Crippen LogP contribution in [0.2, 0.25) is 0 Å². The molecule has 0 aliphatic carbocycles. The van der Waals surface area contributed by atoms with Gasteiger partial charge in [-0.05, 0) is 13.0 Å². The molecular formula is C13H16F3NO. The molecule has 2 unspecified atom stereocenters. The fraction of sp³-hybridized carbons (Fsp3) is 0.538. The normalized spacial score (nSPS) is 20.3. The Kier molecular flexibility index (Phi) is 3.80. The number of rotatable bonds is 4. The summed E-state index contributed by atoms with van der Waals surface area (Å²) in [5, 5.41) is 2.92. The van der Waals surface area contributed by atoms with Crippen LogP contribution in [0.5, 0.6) is 5.75 Å². The van der Waals surface area contributed by atoms with Crippen molar-refractivity contribution < 1.29 is 17.9 Å². The van der Waals surface area contributed by atoms with Crippen LogP contribution in [0.4, 0.5) is 13.2 Å². The van der Waals surface area contributed by atoms with E-state index in [9.17, 15) is 13.2 Å². The van der Waals surface area contributed by atoms with E-state index in [1.165, 1.54) is 0 Å². The highest BCUT2D eigenvalue weighted by Gasteiger charge is 2.30. The summed E-state index contributed by atoms with van der Waals surface area (Å²) >= 11 is 0. The summed E-state index contributed by atoms with van der Waals surface area (Å²) in [4.78, 5) is 0. The molecule has 0 saturated heterocycles. The number of benzene rings is 1. The highest BCUT2D eigenvalue weighted by Crippen LogP contribution is 2.33. The molecule has 0 radical (unpaired) electrons. The molecule has 0 fully saturated rings. The molecule has 0 bridgehead atoms. The number of fused-ring (bicyclic) bond motifs is 1. The Hall–Kier alpha value is -1.23. The lowest BCUT2D eigenvalue weighted by Gasteiger charge is -2.18. The fourth-order valence-corrected chi connectivity index (χ4v) is 2.16. The molecule has 0 saturated carbocycles. The van der Waals surface area contributed by atoms with Crippen LogP contribution < -0.4 is 10.1 Å². The first-order valence-corrected chi connectivity index (χ1v) is 5.97. The quantitative estimate of drug-likeness (QED) is 0.897. The lowest BCUT2D eigenvalue weighted by molar-refractivity contribution is -0.139. The fourth-order valence-electron chi connectivity index (χ4n) is 2.16. The van der Waals surface area contributed by atoms with Crippen molar-refractivity contribution in [1.82, 2.24) is 5.32 Å². The van der Waals surface area contributed by atoms with Crippen LogP contribution in [0.25, 0.3) is 0 Å². The van der Waals surface area contributed by atoms with Crippen LogP contribution in [0.3, 0.4) is 0 Å². The zero-order valence-electron chi connectivity index (χ0n) is 10.1. The number of para-hydroxylation sites is 1. The minimum Gasteiger partial charge on any atom is -0.493 e. The minimum atomic E-state index is -4.11. The van der Waals surface area contributed by atoms with Gasteiger partial charge in [-0.2, -0.15) is 13.2 Å². The second-order valence-electron chi connectivity index (χ2n) is 4.67. The van der Waals surface area contributed by atoms with Crippen molar-refractivity contribution in [3.8, 4) is 5.75 Å². The number of ether oxygens (including phenoxy) is 1. The Morgan fingerprint density at radius 1 is 1.39 bits per heavy atom. The van der Waals surface area contributed by atoms with Crippen molar-refractivity contribution in [1.29, 1.82) is 0 Å².